The van der Waals surface area contributed by atoms with Crippen molar-refractivity contribution in [2.24, 2.45) is 7.05 Å². The molecule has 0 bridgehead atoms. The predicted octanol–water partition coefficient (Wildman–Crippen LogP) is 5.42. The lowest BCUT2D eigenvalue weighted by Gasteiger charge is -2.37. The number of benzene rings is 3. The molecule has 0 saturated heterocycles. The summed E-state index contributed by atoms with van der Waals surface area (Å²) in [6.45, 7) is 3.32. The Balaban J connectivity index is 1.35. The van der Waals surface area contributed by atoms with Gasteiger partial charge in [-0.1, -0.05) is 78.9 Å². The molecule has 8 nitrogen and oxygen atoms in total. The van der Waals surface area contributed by atoms with Gasteiger partial charge in [-0.25, -0.2) is 4.98 Å². The molecule has 0 fully saturated rings. The van der Waals surface area contributed by atoms with E-state index < -0.39 is 6.04 Å². The zero-order chi connectivity index (χ0) is 31.2. The largest absolute Gasteiger partial charge is 0.336 e. The summed E-state index contributed by atoms with van der Waals surface area (Å²) in [4.78, 5) is 45.2. The molecule has 2 aromatic heterocycles. The van der Waals surface area contributed by atoms with E-state index in [1.54, 1.807) is 41.8 Å². The Labute approximate surface area is 263 Å². The number of rotatable bonds is 9. The van der Waals surface area contributed by atoms with Crippen LogP contribution < -0.4 is 0 Å². The second kappa shape index (κ2) is 13.5. The van der Waals surface area contributed by atoms with Crippen LogP contribution in [-0.2, 0) is 42.6 Å². The fourth-order valence-electron chi connectivity index (χ4n) is 5.76. The first-order chi connectivity index (χ1) is 22.0. The molecule has 0 unspecified atom stereocenters. The second-order valence-corrected chi connectivity index (χ2v) is 11.4. The van der Waals surface area contributed by atoms with Crippen molar-refractivity contribution in [2.75, 3.05) is 6.54 Å². The molecular formula is C37H36N6O2. The van der Waals surface area contributed by atoms with Gasteiger partial charge >= 0.3 is 0 Å². The van der Waals surface area contributed by atoms with Gasteiger partial charge in [0, 0.05) is 57.1 Å². The Bertz CT molecular complexity index is 1800. The molecule has 3 aromatic carbocycles. The highest BCUT2D eigenvalue weighted by atomic mass is 16.2. The lowest BCUT2D eigenvalue weighted by atomic mass is 9.97. The van der Waals surface area contributed by atoms with Gasteiger partial charge in [0.15, 0.2) is 0 Å². The van der Waals surface area contributed by atoms with E-state index in [9.17, 15) is 9.59 Å². The van der Waals surface area contributed by atoms with Gasteiger partial charge in [-0.05, 0) is 41.7 Å². The van der Waals surface area contributed by atoms with Crippen molar-refractivity contribution in [3.63, 3.8) is 0 Å². The monoisotopic (exact) mass is 596 g/mol. The standard InChI is InChI=1S/C37H36N6O2/c1-27-40-23-33(41(27)2)16-17-36(44)43(25-29-12-14-31(15-13-29)34-24-38-19-20-39-34)35(22-28-8-4-3-5-9-28)37(45)42-21-18-30-10-6-7-11-32(30)26-42/h3-17,19-20,23-24,35H,18,21-22,25-26H2,1-2H3/b17-16+/t35-/m0/s1. The molecule has 1 atom stereocenters. The number of hydrogen-bond donors (Lipinski definition) is 0. The molecule has 1 aliphatic heterocycles. The van der Waals surface area contributed by atoms with Crippen LogP contribution in [0.15, 0.2) is 110 Å². The summed E-state index contributed by atoms with van der Waals surface area (Å²) in [7, 11) is 1.92. The Kier molecular flexibility index (Phi) is 8.91. The first-order valence-electron chi connectivity index (χ1n) is 15.2. The van der Waals surface area contributed by atoms with Crippen LogP contribution in [0.3, 0.4) is 0 Å². The summed E-state index contributed by atoms with van der Waals surface area (Å²) in [5.74, 6) is 0.561. The summed E-state index contributed by atoms with van der Waals surface area (Å²) in [6.07, 6.45) is 11.3. The Morgan fingerprint density at radius 1 is 0.889 bits per heavy atom. The third-order valence-electron chi connectivity index (χ3n) is 8.48. The minimum Gasteiger partial charge on any atom is -0.336 e. The predicted molar refractivity (Wildman–Crippen MR) is 174 cm³/mol. The van der Waals surface area contributed by atoms with Crippen molar-refractivity contribution in [1.82, 2.24) is 29.3 Å². The van der Waals surface area contributed by atoms with Crippen molar-refractivity contribution in [2.45, 2.75) is 38.9 Å². The van der Waals surface area contributed by atoms with Gasteiger partial charge in [0.1, 0.15) is 11.9 Å². The molecule has 5 aromatic rings. The Hall–Kier alpha value is -5.37. The van der Waals surface area contributed by atoms with Gasteiger partial charge in [-0.2, -0.15) is 0 Å². The molecule has 3 heterocycles. The maximum atomic E-state index is 14.5. The lowest BCUT2D eigenvalue weighted by molar-refractivity contribution is -0.144. The van der Waals surface area contributed by atoms with Gasteiger partial charge in [0.2, 0.25) is 11.8 Å². The van der Waals surface area contributed by atoms with E-state index in [4.69, 9.17) is 0 Å². The SMILES string of the molecule is Cc1ncc(/C=C/C(=O)N(Cc2ccc(-c3cnccn3)cc2)[C@@H](Cc2ccccc2)C(=O)N2CCc3ccccc3C2)n1C. The normalized spacial score (nSPS) is 13.4. The highest BCUT2D eigenvalue weighted by Crippen LogP contribution is 2.24. The topological polar surface area (TPSA) is 84.2 Å². The van der Waals surface area contributed by atoms with Gasteiger partial charge < -0.3 is 14.4 Å². The van der Waals surface area contributed by atoms with Crippen LogP contribution in [0, 0.1) is 6.92 Å². The molecule has 0 saturated carbocycles. The quantitative estimate of drug-likeness (QED) is 0.212. The number of aromatic nitrogens is 4. The summed E-state index contributed by atoms with van der Waals surface area (Å²) in [5.41, 5.74) is 6.85. The number of carbonyl (C=O) groups is 2. The van der Waals surface area contributed by atoms with E-state index in [1.165, 1.54) is 5.56 Å². The van der Waals surface area contributed by atoms with Crippen LogP contribution in [0.1, 0.15) is 33.8 Å². The van der Waals surface area contributed by atoms with Crippen LogP contribution in [0.25, 0.3) is 17.3 Å². The number of imidazole rings is 1. The third-order valence-corrected chi connectivity index (χ3v) is 8.48. The number of nitrogens with zero attached hydrogens (tertiary/aromatic N) is 6. The van der Waals surface area contributed by atoms with E-state index >= 15 is 0 Å². The highest BCUT2D eigenvalue weighted by molar-refractivity contribution is 5.95. The minimum atomic E-state index is -0.706. The second-order valence-electron chi connectivity index (χ2n) is 11.4. The zero-order valence-electron chi connectivity index (χ0n) is 25.6. The van der Waals surface area contributed by atoms with Crippen LogP contribution in [-0.4, -0.2) is 53.7 Å². The molecular weight excluding hydrogens is 560 g/mol. The minimum absolute atomic E-state index is 0.0531. The van der Waals surface area contributed by atoms with E-state index in [2.05, 4.69) is 27.1 Å². The van der Waals surface area contributed by atoms with Crippen molar-refractivity contribution < 1.29 is 9.59 Å². The average molecular weight is 597 g/mol. The molecule has 0 aliphatic carbocycles. The summed E-state index contributed by atoms with van der Waals surface area (Å²) in [6, 6.07) is 25.4. The highest BCUT2D eigenvalue weighted by Gasteiger charge is 2.34. The number of carbonyl (C=O) groups excluding carboxylic acids is 2. The molecule has 1 aliphatic rings. The van der Waals surface area contributed by atoms with E-state index in [0.717, 1.165) is 45.9 Å². The molecule has 8 heteroatoms. The first kappa shape index (κ1) is 29.7. The van der Waals surface area contributed by atoms with Gasteiger partial charge in [-0.15, -0.1) is 0 Å². The Morgan fingerprint density at radius 3 is 2.36 bits per heavy atom. The maximum Gasteiger partial charge on any atom is 0.247 e. The fraction of sp³-hybridized carbons (Fsp3) is 0.216. The summed E-state index contributed by atoms with van der Waals surface area (Å²) >= 11 is 0. The molecule has 226 valence electrons. The summed E-state index contributed by atoms with van der Waals surface area (Å²) in [5, 5.41) is 0. The molecule has 6 rings (SSSR count). The third kappa shape index (κ3) is 6.91. The van der Waals surface area contributed by atoms with E-state index in [1.807, 2.05) is 90.2 Å². The molecule has 0 spiro atoms. The fourth-order valence-corrected chi connectivity index (χ4v) is 5.76. The molecule has 45 heavy (non-hydrogen) atoms. The van der Waals surface area contributed by atoms with E-state index in [0.29, 0.717) is 19.5 Å². The molecule has 2 amide bonds. The van der Waals surface area contributed by atoms with Gasteiger partial charge in [-0.3, -0.25) is 19.6 Å². The first-order valence-corrected chi connectivity index (χ1v) is 15.2. The van der Waals surface area contributed by atoms with Crippen LogP contribution >= 0.6 is 0 Å². The van der Waals surface area contributed by atoms with Crippen LogP contribution in [0.5, 0.6) is 0 Å². The zero-order valence-corrected chi connectivity index (χ0v) is 25.6. The number of aryl methyl sites for hydroxylation is 1. The van der Waals surface area contributed by atoms with Gasteiger partial charge in [0.25, 0.3) is 0 Å². The molecule has 0 radical (unpaired) electrons. The van der Waals surface area contributed by atoms with Crippen molar-refractivity contribution in [3.05, 3.63) is 143 Å². The number of hydrogen-bond acceptors (Lipinski definition) is 5. The molecule has 0 N–H and O–H groups in total. The van der Waals surface area contributed by atoms with Gasteiger partial charge in [0.05, 0.1) is 23.8 Å². The number of fused-ring (bicyclic) bond motifs is 1. The lowest BCUT2D eigenvalue weighted by Crippen LogP contribution is -2.52. The van der Waals surface area contributed by atoms with Crippen molar-refractivity contribution in [3.8, 4) is 11.3 Å². The smallest absolute Gasteiger partial charge is 0.247 e. The average Bonchev–Trinajstić information content (AvgIpc) is 3.41. The number of amides is 2. The van der Waals surface area contributed by atoms with Crippen molar-refractivity contribution >= 4 is 17.9 Å². The van der Waals surface area contributed by atoms with E-state index in [-0.39, 0.29) is 18.4 Å². The summed E-state index contributed by atoms with van der Waals surface area (Å²) < 4.78 is 1.93. The van der Waals surface area contributed by atoms with Crippen molar-refractivity contribution in [1.29, 1.82) is 0 Å². The maximum absolute atomic E-state index is 14.5. The Morgan fingerprint density at radius 2 is 1.64 bits per heavy atom. The van der Waals surface area contributed by atoms with Crippen LogP contribution in [0.4, 0.5) is 0 Å². The van der Waals surface area contributed by atoms with Crippen LogP contribution in [0.2, 0.25) is 0 Å².